The highest BCUT2D eigenvalue weighted by atomic mass is 79.9. The molecule has 0 spiro atoms. The first-order valence-corrected chi connectivity index (χ1v) is 13.3. The normalized spacial score (nSPS) is 26.2. The first-order valence-electron chi connectivity index (χ1n) is 11.7. The number of carbonyl (C=O) groups excluding carboxylic acids is 2. The number of aldehydes is 2. The van der Waals surface area contributed by atoms with Crippen LogP contribution in [0.1, 0.15) is 20.7 Å². The second-order valence-corrected chi connectivity index (χ2v) is 11.0. The topological polar surface area (TPSA) is 67.9 Å². The van der Waals surface area contributed by atoms with Gasteiger partial charge in [-0.05, 0) is 40.2 Å². The van der Waals surface area contributed by atoms with E-state index in [-0.39, 0.29) is 0 Å². The van der Waals surface area contributed by atoms with E-state index < -0.39 is 0 Å². The molecular weight excluding hydrogens is 555 g/mol. The van der Waals surface area contributed by atoms with Gasteiger partial charge in [-0.2, -0.15) is 0 Å². The van der Waals surface area contributed by atoms with Crippen LogP contribution in [-0.2, 0) is 9.47 Å². The Balaban J connectivity index is 0.000000136. The first kappa shape index (κ1) is 26.6. The fourth-order valence-electron chi connectivity index (χ4n) is 4.86. The van der Waals surface area contributed by atoms with Crippen molar-refractivity contribution in [2.45, 2.75) is 0 Å². The fourth-order valence-corrected chi connectivity index (χ4v) is 5.61. The van der Waals surface area contributed by atoms with Gasteiger partial charge in [-0.15, -0.1) is 0 Å². The van der Waals surface area contributed by atoms with E-state index in [1.165, 1.54) is 13.1 Å². The minimum absolute atomic E-state index is 0.616. The molecule has 2 aromatic carbocycles. The van der Waals surface area contributed by atoms with Crippen LogP contribution in [0.4, 0.5) is 5.69 Å². The Morgan fingerprint density at radius 3 is 1.86 bits per heavy atom. The summed E-state index contributed by atoms with van der Waals surface area (Å²) in [6, 6.07) is 10.4. The van der Waals surface area contributed by atoms with E-state index in [1.54, 1.807) is 30.3 Å². The molecule has 35 heavy (non-hydrogen) atoms. The van der Waals surface area contributed by atoms with Gasteiger partial charge in [0.1, 0.15) is 12.6 Å². The number of carbonyl (C=O) groups is 2. The molecule has 1 N–H and O–H groups in total. The minimum atomic E-state index is 0.616. The van der Waals surface area contributed by atoms with Crippen molar-refractivity contribution < 1.29 is 19.1 Å². The lowest BCUT2D eigenvalue weighted by molar-refractivity contribution is 0.111. The summed E-state index contributed by atoms with van der Waals surface area (Å²) in [6.07, 6.45) is 1.64. The van der Waals surface area contributed by atoms with Gasteiger partial charge >= 0.3 is 0 Å². The standard InChI is InChI=1S/C13H14ClNO2.C7H4BrClO.C6H11NO/c14-12-2-1-9(6-16)3-13(12)15-4-10-7-17-8-11(10)5-15;8-6-3-5(4-10)1-2-7(6)9;1-5-3-8-4-6(5)2-7-1/h1-3,6,10-11H,4-5,7-8H2;1-4H;5-7H,1-4H2. The average Bonchev–Trinajstić information content (AvgIpc) is 3.64. The van der Waals surface area contributed by atoms with Crippen molar-refractivity contribution in [3.05, 3.63) is 62.0 Å². The Kier molecular flexibility index (Phi) is 9.61. The molecule has 0 bridgehead atoms. The largest absolute Gasteiger partial charge is 0.381 e. The molecule has 0 saturated carbocycles. The van der Waals surface area contributed by atoms with Crippen molar-refractivity contribution in [2.24, 2.45) is 23.7 Å². The quantitative estimate of drug-likeness (QED) is 0.513. The van der Waals surface area contributed by atoms with E-state index >= 15 is 0 Å². The van der Waals surface area contributed by atoms with Crippen LogP contribution < -0.4 is 10.2 Å². The number of rotatable bonds is 3. The Hall–Kier alpha value is -1.48. The number of halogens is 3. The summed E-state index contributed by atoms with van der Waals surface area (Å²) in [5, 5.41) is 4.68. The lowest BCUT2D eigenvalue weighted by atomic mass is 10.0. The molecule has 4 aliphatic rings. The van der Waals surface area contributed by atoms with Crippen LogP contribution >= 0.6 is 39.1 Å². The van der Waals surface area contributed by atoms with E-state index in [9.17, 15) is 9.59 Å². The molecule has 4 fully saturated rings. The van der Waals surface area contributed by atoms with Crippen LogP contribution in [-0.4, -0.2) is 65.2 Å². The molecule has 4 unspecified atom stereocenters. The summed E-state index contributed by atoms with van der Waals surface area (Å²) >= 11 is 15.1. The molecule has 0 amide bonds. The molecule has 4 saturated heterocycles. The zero-order chi connectivity index (χ0) is 24.8. The number of nitrogens with zero attached hydrogens (tertiary/aromatic N) is 1. The van der Waals surface area contributed by atoms with Gasteiger partial charge in [-0.1, -0.05) is 35.3 Å². The van der Waals surface area contributed by atoms with Crippen LogP contribution in [0.5, 0.6) is 0 Å². The second kappa shape index (κ2) is 12.7. The molecule has 6 nitrogen and oxygen atoms in total. The van der Waals surface area contributed by atoms with Crippen molar-refractivity contribution in [3.8, 4) is 0 Å². The summed E-state index contributed by atoms with van der Waals surface area (Å²) in [6.45, 7) is 8.03. The predicted octanol–water partition coefficient (Wildman–Crippen LogP) is 5.00. The monoisotopic (exact) mass is 582 g/mol. The van der Waals surface area contributed by atoms with Crippen molar-refractivity contribution in [2.75, 3.05) is 57.5 Å². The zero-order valence-corrected chi connectivity index (χ0v) is 22.4. The summed E-state index contributed by atoms with van der Waals surface area (Å²) < 4.78 is 11.5. The fraction of sp³-hybridized carbons (Fsp3) is 0.462. The zero-order valence-electron chi connectivity index (χ0n) is 19.3. The molecule has 0 aliphatic carbocycles. The van der Waals surface area contributed by atoms with Crippen molar-refractivity contribution in [1.29, 1.82) is 0 Å². The molecule has 4 heterocycles. The average molecular weight is 584 g/mol. The summed E-state index contributed by atoms with van der Waals surface area (Å²) in [7, 11) is 0. The maximum Gasteiger partial charge on any atom is 0.150 e. The molecule has 0 radical (unpaired) electrons. The summed E-state index contributed by atoms with van der Waals surface area (Å²) in [4.78, 5) is 23.3. The lowest BCUT2D eigenvalue weighted by Gasteiger charge is -2.21. The van der Waals surface area contributed by atoms with E-state index in [2.05, 4.69) is 26.1 Å². The third kappa shape index (κ3) is 6.85. The number of ether oxygens (including phenoxy) is 2. The molecular formula is C26H29BrCl2N2O4. The number of hydrogen-bond donors (Lipinski definition) is 1. The Morgan fingerprint density at radius 2 is 1.31 bits per heavy atom. The third-order valence-electron chi connectivity index (χ3n) is 6.91. The van der Waals surface area contributed by atoms with Gasteiger partial charge in [0.2, 0.25) is 0 Å². The highest BCUT2D eigenvalue weighted by Crippen LogP contribution is 2.36. The maximum absolute atomic E-state index is 10.8. The number of nitrogens with one attached hydrogen (secondary N) is 1. The highest BCUT2D eigenvalue weighted by Gasteiger charge is 2.37. The summed E-state index contributed by atoms with van der Waals surface area (Å²) in [5.74, 6) is 2.92. The van der Waals surface area contributed by atoms with Crippen molar-refractivity contribution >= 4 is 57.4 Å². The van der Waals surface area contributed by atoms with Crippen LogP contribution in [0.2, 0.25) is 10.0 Å². The van der Waals surface area contributed by atoms with Crippen LogP contribution in [0.3, 0.4) is 0 Å². The Labute approximate surface area is 224 Å². The van der Waals surface area contributed by atoms with Gasteiger partial charge in [-0.3, -0.25) is 9.59 Å². The van der Waals surface area contributed by atoms with Gasteiger partial charge in [-0.25, -0.2) is 0 Å². The van der Waals surface area contributed by atoms with E-state index in [0.717, 1.165) is 79.1 Å². The van der Waals surface area contributed by atoms with Crippen molar-refractivity contribution in [1.82, 2.24) is 5.32 Å². The number of hydrogen-bond acceptors (Lipinski definition) is 6. The molecule has 0 aromatic heterocycles. The van der Waals surface area contributed by atoms with Gasteiger partial charge in [0, 0.05) is 65.5 Å². The SMILES string of the molecule is C1NCC2COCC12.O=Cc1ccc(Cl)c(Br)c1.O=Cc1ccc(Cl)c(N2CC3COCC3C2)c1. The van der Waals surface area contributed by atoms with Crippen molar-refractivity contribution in [3.63, 3.8) is 0 Å². The van der Waals surface area contributed by atoms with Crippen LogP contribution in [0.15, 0.2) is 40.9 Å². The smallest absolute Gasteiger partial charge is 0.150 e. The second-order valence-electron chi connectivity index (χ2n) is 9.30. The molecule has 6 rings (SSSR count). The molecule has 4 aliphatic heterocycles. The van der Waals surface area contributed by atoms with Gasteiger partial charge in [0.15, 0.2) is 0 Å². The number of anilines is 1. The van der Waals surface area contributed by atoms with E-state index in [0.29, 0.717) is 28.0 Å². The number of fused-ring (bicyclic) bond motifs is 2. The molecule has 2 aromatic rings. The highest BCUT2D eigenvalue weighted by molar-refractivity contribution is 9.10. The molecule has 9 heteroatoms. The van der Waals surface area contributed by atoms with E-state index in [1.807, 2.05) is 6.07 Å². The van der Waals surface area contributed by atoms with Crippen LogP contribution in [0.25, 0.3) is 0 Å². The summed E-state index contributed by atoms with van der Waals surface area (Å²) in [5.41, 5.74) is 2.28. The third-order valence-corrected chi connectivity index (χ3v) is 8.44. The Morgan fingerprint density at radius 1 is 0.800 bits per heavy atom. The maximum atomic E-state index is 10.8. The first-order chi connectivity index (χ1) is 17.0. The van der Waals surface area contributed by atoms with Gasteiger partial charge in [0.25, 0.3) is 0 Å². The molecule has 4 atom stereocenters. The minimum Gasteiger partial charge on any atom is -0.381 e. The van der Waals surface area contributed by atoms with E-state index in [4.69, 9.17) is 32.7 Å². The predicted molar refractivity (Wildman–Crippen MR) is 142 cm³/mol. The van der Waals surface area contributed by atoms with Gasteiger partial charge in [0.05, 0.1) is 42.2 Å². The number of benzene rings is 2. The Bertz CT molecular complexity index is 1010. The van der Waals surface area contributed by atoms with Crippen LogP contribution in [0, 0.1) is 23.7 Å². The molecule has 188 valence electrons. The van der Waals surface area contributed by atoms with Gasteiger partial charge < -0.3 is 19.7 Å². The lowest BCUT2D eigenvalue weighted by Crippen LogP contribution is -2.22.